The van der Waals surface area contributed by atoms with Gasteiger partial charge >= 0.3 is 0 Å². The Hall–Kier alpha value is -4.10. The number of nitrogen functional groups attached to an aromatic ring is 1. The molecule has 1 saturated heterocycles. The van der Waals surface area contributed by atoms with Gasteiger partial charge < -0.3 is 15.5 Å². The number of aromatic nitrogens is 3. The number of nitrogens with zero attached hydrogens (tertiary/aromatic N) is 6. The van der Waals surface area contributed by atoms with Gasteiger partial charge in [0.15, 0.2) is 0 Å². The van der Waals surface area contributed by atoms with Gasteiger partial charge in [-0.25, -0.2) is 13.9 Å². The molecule has 0 aliphatic carbocycles. The average molecular weight is 474 g/mol. The fourth-order valence-corrected chi connectivity index (χ4v) is 4.92. The normalized spacial score (nSPS) is 14.0. The summed E-state index contributed by atoms with van der Waals surface area (Å²) in [7, 11) is 1.80. The van der Waals surface area contributed by atoms with Gasteiger partial charge in [-0.3, -0.25) is 4.79 Å². The molecule has 8 nitrogen and oxygen atoms in total. The molecule has 2 N–H and O–H groups in total. The minimum absolute atomic E-state index is 0.0676. The third-order valence-corrected chi connectivity index (χ3v) is 6.86. The van der Waals surface area contributed by atoms with Crippen LogP contribution in [-0.2, 0) is 4.79 Å². The smallest absolute Gasteiger partial charge is 0.241 e. The maximum atomic E-state index is 13.6. The van der Waals surface area contributed by atoms with Crippen molar-refractivity contribution in [2.24, 2.45) is 0 Å². The van der Waals surface area contributed by atoms with E-state index in [-0.39, 0.29) is 11.5 Å². The third kappa shape index (κ3) is 4.02. The molecule has 1 aliphatic rings. The Morgan fingerprint density at radius 3 is 2.71 bits per heavy atom. The lowest BCUT2D eigenvalue weighted by Gasteiger charge is -2.32. The van der Waals surface area contributed by atoms with Gasteiger partial charge in [0.2, 0.25) is 5.91 Å². The van der Waals surface area contributed by atoms with Crippen molar-refractivity contribution in [2.45, 2.75) is 9.79 Å². The molecule has 4 aromatic rings. The van der Waals surface area contributed by atoms with E-state index in [2.05, 4.69) is 10.1 Å². The Morgan fingerprint density at radius 1 is 1.12 bits per heavy atom. The average Bonchev–Trinajstić information content (AvgIpc) is 3.23. The van der Waals surface area contributed by atoms with Crippen LogP contribution in [0.1, 0.15) is 5.56 Å². The minimum Gasteiger partial charge on any atom is -0.396 e. The first-order valence-electron chi connectivity index (χ1n) is 10.5. The number of fused-ring (bicyclic) bond motifs is 1. The predicted molar refractivity (Wildman–Crippen MR) is 128 cm³/mol. The summed E-state index contributed by atoms with van der Waals surface area (Å²) in [6, 6.07) is 12.0. The quantitative estimate of drug-likeness (QED) is 0.484. The fraction of sp³-hybridized carbons (Fsp3) is 0.167. The lowest BCUT2D eigenvalue weighted by Crippen LogP contribution is -2.48. The maximum absolute atomic E-state index is 13.6. The van der Waals surface area contributed by atoms with Crippen LogP contribution in [-0.4, -0.2) is 52.1 Å². The number of hydrogen-bond acceptors (Lipinski definition) is 7. The zero-order chi connectivity index (χ0) is 23.8. The Bertz CT molecular complexity index is 1440. The van der Waals surface area contributed by atoms with Crippen LogP contribution < -0.4 is 10.6 Å². The zero-order valence-corrected chi connectivity index (χ0v) is 19.1. The summed E-state index contributed by atoms with van der Waals surface area (Å²) in [5.41, 5.74) is 9.35. The summed E-state index contributed by atoms with van der Waals surface area (Å²) in [4.78, 5) is 21.7. The van der Waals surface area contributed by atoms with E-state index in [0.29, 0.717) is 29.2 Å². The van der Waals surface area contributed by atoms with Gasteiger partial charge in [-0.2, -0.15) is 10.4 Å². The van der Waals surface area contributed by atoms with Gasteiger partial charge in [0, 0.05) is 53.4 Å². The number of piperazine rings is 1. The van der Waals surface area contributed by atoms with Crippen LogP contribution in [0.25, 0.3) is 16.6 Å². The summed E-state index contributed by atoms with van der Waals surface area (Å²) < 4.78 is 15.3. The van der Waals surface area contributed by atoms with E-state index < -0.39 is 5.82 Å². The molecule has 5 rings (SSSR count). The number of nitrogens with two attached hydrogens (primary N) is 1. The second kappa shape index (κ2) is 8.68. The first-order valence-corrected chi connectivity index (χ1v) is 11.3. The molecule has 3 aromatic heterocycles. The zero-order valence-electron chi connectivity index (χ0n) is 18.3. The van der Waals surface area contributed by atoms with E-state index in [1.807, 2.05) is 35.4 Å². The van der Waals surface area contributed by atoms with Crippen LogP contribution in [0.2, 0.25) is 0 Å². The van der Waals surface area contributed by atoms with Crippen molar-refractivity contribution in [3.8, 4) is 17.2 Å². The summed E-state index contributed by atoms with van der Waals surface area (Å²) in [5, 5.41) is 13.8. The van der Waals surface area contributed by atoms with E-state index in [4.69, 9.17) is 5.73 Å². The number of rotatable bonds is 4. The number of pyridine rings is 2. The highest BCUT2D eigenvalue weighted by atomic mass is 32.2. The van der Waals surface area contributed by atoms with E-state index >= 15 is 0 Å². The molecule has 1 aliphatic heterocycles. The highest BCUT2D eigenvalue weighted by Gasteiger charge is 2.22. The Balaban J connectivity index is 1.50. The molecule has 0 spiro atoms. The van der Waals surface area contributed by atoms with Crippen molar-refractivity contribution in [3.63, 3.8) is 0 Å². The second-order valence-corrected chi connectivity index (χ2v) is 9.07. The standard InChI is InChI=1S/C24H20FN7OS/c1-30-6-7-31(14-23(30)33)22-5-2-15(11-28-22)17-9-21(24-19(27)12-29-32(24)13-17)34-20-4-3-18(25)8-16(20)10-26/h2-5,8-9,11-13H,6-7,14,27H2,1H3. The third-order valence-electron chi connectivity index (χ3n) is 5.75. The summed E-state index contributed by atoms with van der Waals surface area (Å²) >= 11 is 1.33. The van der Waals surface area contributed by atoms with Crippen molar-refractivity contribution in [1.82, 2.24) is 19.5 Å². The van der Waals surface area contributed by atoms with Crippen LogP contribution in [0.5, 0.6) is 0 Å². The number of benzene rings is 1. The van der Waals surface area contributed by atoms with Crippen LogP contribution in [0, 0.1) is 17.1 Å². The van der Waals surface area contributed by atoms with E-state index in [1.54, 1.807) is 34.9 Å². The van der Waals surface area contributed by atoms with Gasteiger partial charge in [0.25, 0.3) is 0 Å². The van der Waals surface area contributed by atoms with Crippen LogP contribution >= 0.6 is 11.8 Å². The number of carbonyl (C=O) groups excluding carboxylic acids is 1. The van der Waals surface area contributed by atoms with Gasteiger partial charge in [0.1, 0.15) is 23.2 Å². The number of nitriles is 1. The molecule has 4 heterocycles. The van der Waals surface area contributed by atoms with Crippen LogP contribution in [0.4, 0.5) is 15.9 Å². The molecule has 170 valence electrons. The second-order valence-electron chi connectivity index (χ2n) is 7.98. The molecule has 0 saturated carbocycles. The summed E-state index contributed by atoms with van der Waals surface area (Å²) in [5.74, 6) is 0.351. The summed E-state index contributed by atoms with van der Waals surface area (Å²) in [6.45, 7) is 1.70. The fourth-order valence-electron chi connectivity index (χ4n) is 3.84. The van der Waals surface area contributed by atoms with E-state index in [9.17, 15) is 14.4 Å². The molecule has 1 amide bonds. The predicted octanol–water partition coefficient (Wildman–Crippen LogP) is 3.42. The first-order chi connectivity index (χ1) is 16.4. The number of carbonyl (C=O) groups is 1. The molecule has 0 unspecified atom stereocenters. The lowest BCUT2D eigenvalue weighted by molar-refractivity contribution is -0.129. The van der Waals surface area contributed by atoms with Crippen LogP contribution in [0.15, 0.2) is 64.8 Å². The molecule has 34 heavy (non-hydrogen) atoms. The highest BCUT2D eigenvalue weighted by molar-refractivity contribution is 7.99. The largest absolute Gasteiger partial charge is 0.396 e. The molecule has 0 bridgehead atoms. The van der Waals surface area contributed by atoms with E-state index in [1.165, 1.54) is 23.9 Å². The Morgan fingerprint density at radius 2 is 1.97 bits per heavy atom. The van der Waals surface area contributed by atoms with Gasteiger partial charge in [-0.15, -0.1) is 0 Å². The molecule has 1 aromatic carbocycles. The Labute approximate surface area is 199 Å². The summed E-state index contributed by atoms with van der Waals surface area (Å²) in [6.07, 6.45) is 5.20. The van der Waals surface area contributed by atoms with Gasteiger partial charge in [-0.1, -0.05) is 11.8 Å². The number of amides is 1. The molecule has 10 heteroatoms. The van der Waals surface area contributed by atoms with Crippen molar-refractivity contribution in [1.29, 1.82) is 5.26 Å². The number of anilines is 2. The van der Waals surface area contributed by atoms with Crippen molar-refractivity contribution < 1.29 is 9.18 Å². The van der Waals surface area contributed by atoms with E-state index in [0.717, 1.165) is 28.4 Å². The van der Waals surface area contributed by atoms with Crippen molar-refractivity contribution in [3.05, 3.63) is 66.4 Å². The first kappa shape index (κ1) is 21.7. The molecular weight excluding hydrogens is 453 g/mol. The molecule has 1 fully saturated rings. The molecular formula is C24H20FN7OS. The van der Waals surface area contributed by atoms with Gasteiger partial charge in [0.05, 0.1) is 24.0 Å². The lowest BCUT2D eigenvalue weighted by atomic mass is 10.1. The SMILES string of the molecule is CN1CCN(c2ccc(-c3cc(Sc4ccc(F)cc4C#N)c4c(N)cnn4c3)cn2)CC1=O. The number of likely N-dealkylation sites (N-methyl/N-ethyl adjacent to an activating group) is 1. The minimum atomic E-state index is -0.461. The van der Waals surface area contributed by atoms with Gasteiger partial charge in [-0.05, 0) is 36.4 Å². The Kier molecular flexibility index (Phi) is 5.55. The van der Waals surface area contributed by atoms with Crippen molar-refractivity contribution >= 4 is 34.7 Å². The number of hydrogen-bond donors (Lipinski definition) is 1. The molecule has 0 radical (unpaired) electrons. The number of halogens is 1. The maximum Gasteiger partial charge on any atom is 0.241 e. The monoisotopic (exact) mass is 473 g/mol. The van der Waals surface area contributed by atoms with Crippen LogP contribution in [0.3, 0.4) is 0 Å². The molecule has 0 atom stereocenters. The highest BCUT2D eigenvalue weighted by Crippen LogP contribution is 2.38. The topological polar surface area (TPSA) is 104 Å². The van der Waals surface area contributed by atoms with Crippen molar-refractivity contribution in [2.75, 3.05) is 37.3 Å².